The van der Waals surface area contributed by atoms with Crippen molar-refractivity contribution in [2.45, 2.75) is 13.5 Å². The van der Waals surface area contributed by atoms with Crippen molar-refractivity contribution in [3.05, 3.63) is 42.6 Å². The second-order valence-corrected chi connectivity index (χ2v) is 3.59. The second-order valence-electron chi connectivity index (χ2n) is 3.59. The van der Waals surface area contributed by atoms with Crippen molar-refractivity contribution in [2.75, 3.05) is 5.32 Å². The fraction of sp³-hybridized carbons (Fsp3) is 0.154. The largest absolute Gasteiger partial charge is 0.425 e. The summed E-state index contributed by atoms with van der Waals surface area (Å²) in [6.45, 7) is 2.68. The molecule has 0 aliphatic rings. The van der Waals surface area contributed by atoms with Gasteiger partial charge in [0.15, 0.2) is 0 Å². The topological polar surface area (TPSA) is 75.2 Å². The van der Waals surface area contributed by atoms with Crippen LogP contribution in [-0.2, 0) is 6.54 Å². The molecule has 96 valence electrons. The van der Waals surface area contributed by atoms with Crippen LogP contribution < -0.4 is 10.1 Å². The Balaban J connectivity index is 2.14. The molecule has 0 spiro atoms. The van der Waals surface area contributed by atoms with Crippen LogP contribution in [0, 0.1) is 11.5 Å². The van der Waals surface area contributed by atoms with Crippen LogP contribution in [0.2, 0.25) is 0 Å². The van der Waals surface area contributed by atoms with Crippen LogP contribution in [0.3, 0.4) is 0 Å². The Morgan fingerprint density at radius 3 is 2.89 bits per heavy atom. The molecule has 6 nitrogen and oxygen atoms in total. The van der Waals surface area contributed by atoms with E-state index in [2.05, 4.69) is 15.4 Å². The number of ether oxygens (including phenoxy) is 1. The molecule has 6 heteroatoms. The number of amidine groups is 1. The molecule has 0 bridgehead atoms. The monoisotopic (exact) mass is 255 g/mol. The summed E-state index contributed by atoms with van der Waals surface area (Å²) in [4.78, 5) is 3.62. The van der Waals surface area contributed by atoms with E-state index in [0.29, 0.717) is 18.1 Å². The van der Waals surface area contributed by atoms with Crippen LogP contribution in [0.4, 0.5) is 5.82 Å². The van der Waals surface area contributed by atoms with Gasteiger partial charge >= 0.3 is 6.02 Å². The first-order valence-corrected chi connectivity index (χ1v) is 5.82. The Morgan fingerprint density at radius 1 is 1.42 bits per heavy atom. The van der Waals surface area contributed by atoms with Crippen LogP contribution in [0.25, 0.3) is 0 Å². The lowest BCUT2D eigenvalue weighted by atomic mass is 10.3. The van der Waals surface area contributed by atoms with E-state index in [1.165, 1.54) is 0 Å². The zero-order chi connectivity index (χ0) is 13.5. The summed E-state index contributed by atoms with van der Waals surface area (Å²) >= 11 is 0. The number of aliphatic imine (C=N–C) groups is 1. The van der Waals surface area contributed by atoms with Gasteiger partial charge in [-0.1, -0.05) is 18.2 Å². The highest BCUT2D eigenvalue weighted by molar-refractivity contribution is 5.90. The zero-order valence-corrected chi connectivity index (χ0v) is 10.4. The second kappa shape index (κ2) is 6.21. The fourth-order valence-corrected chi connectivity index (χ4v) is 1.52. The Hall–Kier alpha value is -2.81. The van der Waals surface area contributed by atoms with Gasteiger partial charge < -0.3 is 4.74 Å². The number of para-hydroxylation sites is 1. The molecule has 0 fully saturated rings. The van der Waals surface area contributed by atoms with Gasteiger partial charge in [-0.05, 0) is 19.1 Å². The Kier molecular flexibility index (Phi) is 4.13. The number of nitriles is 1. The lowest BCUT2D eigenvalue weighted by Crippen LogP contribution is -2.21. The van der Waals surface area contributed by atoms with Crippen molar-refractivity contribution >= 4 is 11.8 Å². The first-order chi connectivity index (χ1) is 9.33. The van der Waals surface area contributed by atoms with Crippen LogP contribution in [0.5, 0.6) is 5.75 Å². The fourth-order valence-electron chi connectivity index (χ4n) is 1.52. The maximum absolute atomic E-state index is 8.69. The molecule has 0 aliphatic heterocycles. The Morgan fingerprint density at radius 2 is 2.21 bits per heavy atom. The third-order valence-electron chi connectivity index (χ3n) is 2.36. The summed E-state index contributed by atoms with van der Waals surface area (Å²) in [6, 6.07) is 11.0. The van der Waals surface area contributed by atoms with Gasteiger partial charge in [-0.3, -0.25) is 5.32 Å². The van der Waals surface area contributed by atoms with Crippen molar-refractivity contribution in [2.24, 2.45) is 4.99 Å². The van der Waals surface area contributed by atoms with Gasteiger partial charge in [-0.2, -0.15) is 10.4 Å². The van der Waals surface area contributed by atoms with Crippen molar-refractivity contribution in [1.29, 1.82) is 5.26 Å². The maximum Gasteiger partial charge on any atom is 0.311 e. The van der Waals surface area contributed by atoms with Gasteiger partial charge in [0.05, 0.1) is 6.20 Å². The molecule has 19 heavy (non-hydrogen) atoms. The zero-order valence-electron chi connectivity index (χ0n) is 10.4. The summed E-state index contributed by atoms with van der Waals surface area (Å²) in [7, 11) is 0. The Bertz CT molecular complexity index is 597. The number of anilines is 1. The molecule has 2 aromatic rings. The van der Waals surface area contributed by atoms with Crippen molar-refractivity contribution < 1.29 is 4.74 Å². The molecule has 0 atom stereocenters. The normalized spacial score (nSPS) is 10.8. The van der Waals surface area contributed by atoms with Crippen molar-refractivity contribution in [1.82, 2.24) is 9.78 Å². The van der Waals surface area contributed by atoms with Crippen LogP contribution in [-0.4, -0.2) is 15.8 Å². The molecule has 1 aromatic carbocycles. The quantitative estimate of drug-likeness (QED) is 0.518. The highest BCUT2D eigenvalue weighted by Crippen LogP contribution is 2.11. The van der Waals surface area contributed by atoms with Gasteiger partial charge in [0.25, 0.3) is 0 Å². The summed E-state index contributed by atoms with van der Waals surface area (Å²) in [5.74, 6) is 1.32. The lowest BCUT2D eigenvalue weighted by Gasteiger charge is -2.10. The van der Waals surface area contributed by atoms with Crippen LogP contribution >= 0.6 is 0 Å². The molecule has 0 unspecified atom stereocenters. The number of aryl methyl sites for hydroxylation is 1. The molecular formula is C13H13N5O. The van der Waals surface area contributed by atoms with E-state index >= 15 is 0 Å². The summed E-state index contributed by atoms with van der Waals surface area (Å²) in [6.07, 6.45) is 3.37. The molecule has 0 amide bonds. The van der Waals surface area contributed by atoms with Crippen LogP contribution in [0.1, 0.15) is 6.92 Å². The average molecular weight is 255 g/mol. The molecule has 1 heterocycles. The third kappa shape index (κ3) is 3.33. The van der Waals surface area contributed by atoms with E-state index in [1.807, 2.05) is 25.1 Å². The number of rotatable bonds is 3. The van der Waals surface area contributed by atoms with E-state index in [9.17, 15) is 0 Å². The average Bonchev–Trinajstić information content (AvgIpc) is 2.87. The smallest absolute Gasteiger partial charge is 0.311 e. The van der Waals surface area contributed by atoms with Gasteiger partial charge in [0.1, 0.15) is 11.6 Å². The summed E-state index contributed by atoms with van der Waals surface area (Å²) in [5, 5.41) is 15.7. The minimum Gasteiger partial charge on any atom is -0.425 e. The molecule has 0 radical (unpaired) electrons. The first kappa shape index (κ1) is 12.6. The van der Waals surface area contributed by atoms with Gasteiger partial charge in [-0.15, -0.1) is 4.99 Å². The molecule has 2 rings (SSSR count). The number of benzene rings is 1. The first-order valence-electron chi connectivity index (χ1n) is 5.82. The highest BCUT2D eigenvalue weighted by Gasteiger charge is 2.07. The molecule has 0 aliphatic carbocycles. The minimum absolute atomic E-state index is 0.115. The van der Waals surface area contributed by atoms with E-state index in [1.54, 1.807) is 35.3 Å². The highest BCUT2D eigenvalue weighted by atomic mass is 16.5. The number of hydrogen-bond acceptors (Lipinski definition) is 4. The van der Waals surface area contributed by atoms with E-state index < -0.39 is 0 Å². The van der Waals surface area contributed by atoms with Crippen molar-refractivity contribution in [3.8, 4) is 11.9 Å². The number of aromatic nitrogens is 2. The molecular weight excluding hydrogens is 242 g/mol. The van der Waals surface area contributed by atoms with Gasteiger partial charge in [0, 0.05) is 12.6 Å². The molecule has 0 saturated carbocycles. The van der Waals surface area contributed by atoms with E-state index in [0.717, 1.165) is 0 Å². The SMILES string of the molecule is CCn1nccc1N/C(=N/C#N)Oc1ccccc1. The maximum atomic E-state index is 8.69. The van der Waals surface area contributed by atoms with Crippen LogP contribution in [0.15, 0.2) is 47.6 Å². The standard InChI is InChI=1S/C13H13N5O/c1-2-18-12(8-9-16-18)17-13(15-10-14)19-11-6-4-3-5-7-11/h3-9H,2H2,1H3,(H,15,17). The Labute approximate surface area is 111 Å². The third-order valence-corrected chi connectivity index (χ3v) is 2.36. The van der Waals surface area contributed by atoms with E-state index in [-0.39, 0.29) is 6.02 Å². The van der Waals surface area contributed by atoms with Crippen molar-refractivity contribution in [3.63, 3.8) is 0 Å². The number of nitrogens with zero attached hydrogens (tertiary/aromatic N) is 4. The number of nitrogens with one attached hydrogen (secondary N) is 1. The van der Waals surface area contributed by atoms with Gasteiger partial charge in [0.2, 0.25) is 6.19 Å². The molecule has 0 saturated heterocycles. The summed E-state index contributed by atoms with van der Waals surface area (Å²) < 4.78 is 7.24. The lowest BCUT2D eigenvalue weighted by molar-refractivity contribution is 0.547. The predicted octanol–water partition coefficient (Wildman–Crippen LogP) is 2.23. The minimum atomic E-state index is 0.115. The summed E-state index contributed by atoms with van der Waals surface area (Å²) in [5.41, 5.74) is 0. The van der Waals surface area contributed by atoms with E-state index in [4.69, 9.17) is 10.00 Å². The van der Waals surface area contributed by atoms with Gasteiger partial charge in [-0.25, -0.2) is 4.68 Å². The predicted molar refractivity (Wildman–Crippen MR) is 71.6 cm³/mol. The molecule has 1 aromatic heterocycles. The number of hydrogen-bond donors (Lipinski definition) is 1. The molecule has 1 N–H and O–H groups in total.